The van der Waals surface area contributed by atoms with Gasteiger partial charge < -0.3 is 14.0 Å². The Hall–Kier alpha value is -3.92. The molecular weight excluding hydrogens is 456 g/mol. The minimum absolute atomic E-state index is 0.0223. The van der Waals surface area contributed by atoms with Crippen LogP contribution in [-0.4, -0.2) is 62.3 Å². The third kappa shape index (κ3) is 4.97. The molecule has 0 atom stereocenters. The largest absolute Gasteiger partial charge is 0.435 e. The lowest BCUT2D eigenvalue weighted by Crippen LogP contribution is -2.38. The summed E-state index contributed by atoms with van der Waals surface area (Å²) < 4.78 is 38.9. The summed E-state index contributed by atoms with van der Waals surface area (Å²) >= 11 is 0. The summed E-state index contributed by atoms with van der Waals surface area (Å²) in [4.78, 5) is 18.3. The zero-order valence-corrected chi connectivity index (χ0v) is 19.7. The number of H-pyrrole nitrogens is 1. The van der Waals surface area contributed by atoms with Crippen LogP contribution >= 0.6 is 0 Å². The van der Waals surface area contributed by atoms with Crippen molar-refractivity contribution in [3.05, 3.63) is 66.1 Å². The smallest absolute Gasteiger partial charge is 0.422 e. The fraction of sp³-hybridized carbons (Fsp3) is 0.280. The van der Waals surface area contributed by atoms with E-state index in [2.05, 4.69) is 14.9 Å². The fourth-order valence-electron chi connectivity index (χ4n) is 3.97. The van der Waals surface area contributed by atoms with Crippen LogP contribution in [0.5, 0.6) is 5.75 Å². The molecule has 182 valence electrons. The van der Waals surface area contributed by atoms with Crippen LogP contribution in [0.25, 0.3) is 22.3 Å². The number of pyridine rings is 1. The lowest BCUT2D eigenvalue weighted by molar-refractivity contribution is -0.443. The zero-order valence-electron chi connectivity index (χ0n) is 19.7. The van der Waals surface area contributed by atoms with Crippen molar-refractivity contribution < 1.29 is 27.6 Å². The predicted octanol–water partition coefficient (Wildman–Crippen LogP) is 4.26. The molecule has 0 fully saturated rings. The van der Waals surface area contributed by atoms with Gasteiger partial charge in [-0.15, -0.1) is 0 Å². The lowest BCUT2D eigenvalue weighted by Gasteiger charge is -2.15. The van der Waals surface area contributed by atoms with Crippen molar-refractivity contribution in [2.45, 2.75) is 20.5 Å². The van der Waals surface area contributed by atoms with Gasteiger partial charge in [0.25, 0.3) is 0 Å². The highest BCUT2D eigenvalue weighted by molar-refractivity contribution is 6.08. The average Bonchev–Trinajstić information content (AvgIpc) is 3.53. The van der Waals surface area contributed by atoms with Gasteiger partial charge in [0.15, 0.2) is 6.54 Å². The summed E-state index contributed by atoms with van der Waals surface area (Å²) in [6.07, 6.45) is 5.19. The van der Waals surface area contributed by atoms with E-state index in [0.717, 1.165) is 16.6 Å². The molecular formula is C25H26F2N5O3+. The molecule has 0 spiro atoms. The molecule has 1 aliphatic heterocycles. The third-order valence-electron chi connectivity index (χ3n) is 5.51. The molecule has 0 aliphatic carbocycles. The van der Waals surface area contributed by atoms with E-state index in [1.54, 1.807) is 35.3 Å². The molecule has 1 amide bonds. The van der Waals surface area contributed by atoms with Gasteiger partial charge in [-0.1, -0.05) is 19.9 Å². The number of aromatic amines is 1. The SMILES string of the molecule is CC.Cn1cc(C(=O)[N+]2=C(c3cccc(OC(F)F)c3)COCC2)c2ccc(-c3cn[nH]c3)nc21. The van der Waals surface area contributed by atoms with Crippen molar-refractivity contribution in [3.8, 4) is 17.0 Å². The van der Waals surface area contributed by atoms with Gasteiger partial charge in [0.2, 0.25) is 5.71 Å². The van der Waals surface area contributed by atoms with Crippen molar-refractivity contribution in [1.29, 1.82) is 0 Å². The van der Waals surface area contributed by atoms with E-state index in [4.69, 9.17) is 9.72 Å². The number of hydrogen-bond donors (Lipinski definition) is 1. The molecule has 5 rings (SSSR count). The first-order valence-corrected chi connectivity index (χ1v) is 11.3. The van der Waals surface area contributed by atoms with Crippen LogP contribution in [0.4, 0.5) is 8.78 Å². The number of alkyl halides is 2. The second-order valence-electron chi connectivity index (χ2n) is 7.57. The van der Waals surface area contributed by atoms with Gasteiger partial charge in [-0.25, -0.2) is 9.78 Å². The minimum Gasteiger partial charge on any atom is -0.435 e. The van der Waals surface area contributed by atoms with E-state index in [9.17, 15) is 13.6 Å². The number of rotatable bonds is 5. The topological polar surface area (TPSA) is 85.0 Å². The molecule has 0 bridgehead atoms. The molecule has 1 aliphatic rings. The number of benzene rings is 1. The highest BCUT2D eigenvalue weighted by atomic mass is 19.3. The molecule has 35 heavy (non-hydrogen) atoms. The molecule has 1 N–H and O–H groups in total. The van der Waals surface area contributed by atoms with Crippen LogP contribution in [0.15, 0.2) is 55.0 Å². The maximum Gasteiger partial charge on any atom is 0.422 e. The van der Waals surface area contributed by atoms with Gasteiger partial charge in [0.05, 0.1) is 11.9 Å². The van der Waals surface area contributed by atoms with E-state index < -0.39 is 6.61 Å². The molecule has 8 nitrogen and oxygen atoms in total. The highest BCUT2D eigenvalue weighted by Crippen LogP contribution is 2.25. The standard InChI is InChI=1S/C23H20F2N5O3.C2H6/c1-29-12-18(17-5-6-19(28-21(17)29)15-10-26-27-11-15)22(31)30-7-8-32-13-20(30)14-3-2-4-16(9-14)33-23(24)25;1-2/h2-6,9-12,23H,7-8,13H2,1H3,(H,26,27);1-2H3/q+1;. The van der Waals surface area contributed by atoms with Crippen LogP contribution in [-0.2, 0) is 11.8 Å². The first kappa shape index (κ1) is 24.2. The molecule has 0 unspecified atom stereocenters. The van der Waals surface area contributed by atoms with Crippen molar-refractivity contribution in [2.75, 3.05) is 19.8 Å². The Labute approximate surface area is 200 Å². The van der Waals surface area contributed by atoms with Crippen molar-refractivity contribution in [1.82, 2.24) is 19.7 Å². The van der Waals surface area contributed by atoms with E-state index >= 15 is 0 Å². The number of carbonyl (C=O) groups excluding carboxylic acids is 1. The van der Waals surface area contributed by atoms with E-state index in [1.807, 2.05) is 37.6 Å². The molecule has 1 aromatic carbocycles. The van der Waals surface area contributed by atoms with Crippen LogP contribution in [0.3, 0.4) is 0 Å². The Kier molecular flexibility index (Phi) is 7.31. The summed E-state index contributed by atoms with van der Waals surface area (Å²) in [5, 5.41) is 7.44. The lowest BCUT2D eigenvalue weighted by atomic mass is 10.1. The zero-order chi connectivity index (χ0) is 24.9. The number of amides is 1. The summed E-state index contributed by atoms with van der Waals surface area (Å²) in [7, 11) is 1.83. The summed E-state index contributed by atoms with van der Waals surface area (Å²) in [6.45, 7) is 1.96. The second kappa shape index (κ2) is 10.6. The normalized spacial score (nSPS) is 13.7. The Morgan fingerprint density at radius 3 is 2.80 bits per heavy atom. The number of nitrogens with one attached hydrogen (secondary N) is 1. The van der Waals surface area contributed by atoms with Crippen molar-refractivity contribution in [3.63, 3.8) is 0 Å². The molecule has 4 heterocycles. The molecule has 10 heteroatoms. The van der Waals surface area contributed by atoms with E-state index in [0.29, 0.717) is 35.6 Å². The Bertz CT molecular complexity index is 1360. The molecule has 3 aromatic heterocycles. The second-order valence-corrected chi connectivity index (χ2v) is 7.57. The molecule has 0 radical (unpaired) electrons. The Morgan fingerprint density at radius 1 is 1.23 bits per heavy atom. The van der Waals surface area contributed by atoms with Crippen LogP contribution in [0, 0.1) is 0 Å². The number of fused-ring (bicyclic) bond motifs is 1. The van der Waals surface area contributed by atoms with E-state index in [1.165, 1.54) is 12.1 Å². The fourth-order valence-corrected chi connectivity index (χ4v) is 3.97. The number of halogens is 2. The predicted molar refractivity (Wildman–Crippen MR) is 127 cm³/mol. The molecule has 0 saturated heterocycles. The van der Waals surface area contributed by atoms with Crippen molar-refractivity contribution in [2.24, 2.45) is 7.05 Å². The van der Waals surface area contributed by atoms with E-state index in [-0.39, 0.29) is 18.3 Å². The number of aromatic nitrogens is 4. The van der Waals surface area contributed by atoms with Gasteiger partial charge in [0, 0.05) is 36.0 Å². The van der Waals surface area contributed by atoms with Gasteiger partial charge in [-0.2, -0.15) is 18.5 Å². The quantitative estimate of drug-likeness (QED) is 0.430. The Morgan fingerprint density at radius 2 is 2.06 bits per heavy atom. The number of ether oxygens (including phenoxy) is 2. The highest BCUT2D eigenvalue weighted by Gasteiger charge is 2.32. The number of aryl methyl sites for hydroxylation is 1. The maximum atomic E-state index is 13.6. The monoisotopic (exact) mass is 482 g/mol. The van der Waals surface area contributed by atoms with Crippen LogP contribution < -0.4 is 4.74 Å². The van der Waals surface area contributed by atoms with Crippen LogP contribution in [0.1, 0.15) is 29.8 Å². The minimum atomic E-state index is -2.93. The Balaban J connectivity index is 0.00000141. The summed E-state index contributed by atoms with van der Waals surface area (Å²) in [5.74, 6) is -0.189. The average molecular weight is 483 g/mol. The van der Waals surface area contributed by atoms with Crippen molar-refractivity contribution >= 4 is 22.7 Å². The molecule has 0 saturated carbocycles. The van der Waals surface area contributed by atoms with Gasteiger partial charge in [-0.3, -0.25) is 5.10 Å². The number of carbonyl (C=O) groups is 1. The third-order valence-corrected chi connectivity index (χ3v) is 5.51. The summed E-state index contributed by atoms with van der Waals surface area (Å²) in [5.41, 5.74) is 3.93. The summed E-state index contributed by atoms with van der Waals surface area (Å²) in [6, 6.07) is 9.99. The first-order valence-electron chi connectivity index (χ1n) is 11.3. The van der Waals surface area contributed by atoms with Gasteiger partial charge in [-0.05, 0) is 30.3 Å². The van der Waals surface area contributed by atoms with Gasteiger partial charge >= 0.3 is 12.5 Å². The first-order chi connectivity index (χ1) is 17.0. The molecule has 4 aromatic rings. The van der Waals surface area contributed by atoms with Crippen LogP contribution in [0.2, 0.25) is 0 Å². The maximum absolute atomic E-state index is 13.6. The van der Waals surface area contributed by atoms with Gasteiger partial charge in [0.1, 0.15) is 30.2 Å². The number of hydrogen-bond acceptors (Lipinski definition) is 5. The number of nitrogens with zero attached hydrogens (tertiary/aromatic N) is 4.